The second-order valence-electron chi connectivity index (χ2n) is 5.36. The van der Waals surface area contributed by atoms with E-state index in [4.69, 9.17) is 9.47 Å². The van der Waals surface area contributed by atoms with Gasteiger partial charge < -0.3 is 14.8 Å². The summed E-state index contributed by atoms with van der Waals surface area (Å²) in [7, 11) is 0. The molecule has 0 fully saturated rings. The van der Waals surface area contributed by atoms with Crippen LogP contribution in [0.3, 0.4) is 0 Å². The molecule has 2 aromatic rings. The minimum atomic E-state index is -0.471. The van der Waals surface area contributed by atoms with Gasteiger partial charge in [0.15, 0.2) is 11.5 Å². The topological polar surface area (TPSA) is 67.9 Å². The zero-order valence-corrected chi connectivity index (χ0v) is 12.2. The van der Waals surface area contributed by atoms with E-state index in [9.17, 15) is 9.59 Å². The zero-order chi connectivity index (χ0) is 15.8. The second-order valence-corrected chi connectivity index (χ2v) is 5.36. The highest BCUT2D eigenvalue weighted by Crippen LogP contribution is 2.41. The Labute approximate surface area is 132 Å². The molecule has 2 heterocycles. The van der Waals surface area contributed by atoms with E-state index in [1.54, 1.807) is 18.2 Å². The molecule has 6 heteroatoms. The van der Waals surface area contributed by atoms with Crippen LogP contribution in [0.25, 0.3) is 0 Å². The third-order valence-electron chi connectivity index (χ3n) is 3.90. The Balaban J connectivity index is 1.69. The number of hydrogen-bond donors (Lipinski definition) is 1. The van der Waals surface area contributed by atoms with Crippen molar-refractivity contribution < 1.29 is 19.1 Å². The molecule has 0 saturated heterocycles. The summed E-state index contributed by atoms with van der Waals surface area (Å²) < 4.78 is 10.7. The van der Waals surface area contributed by atoms with Crippen molar-refractivity contribution in [3.05, 3.63) is 48.0 Å². The molecule has 6 nitrogen and oxygen atoms in total. The molecule has 1 N–H and O–H groups in total. The van der Waals surface area contributed by atoms with Crippen LogP contribution in [-0.2, 0) is 11.2 Å². The van der Waals surface area contributed by atoms with Crippen molar-refractivity contribution in [2.75, 3.05) is 17.0 Å². The molecule has 3 amide bonds. The van der Waals surface area contributed by atoms with E-state index >= 15 is 0 Å². The standard InChI is InChI=1S/C17H14N2O4/c20-16-7-6-11-8-14-15(23-10-22-14)9-13(11)19(16)17(21)18-12-4-2-1-3-5-12/h1-5,8-9H,6-7,10H2,(H,18,21). The van der Waals surface area contributed by atoms with E-state index in [1.165, 1.54) is 4.90 Å². The van der Waals surface area contributed by atoms with Crippen LogP contribution in [0.4, 0.5) is 16.2 Å². The third kappa shape index (κ3) is 2.38. The van der Waals surface area contributed by atoms with Crippen molar-refractivity contribution in [2.45, 2.75) is 12.8 Å². The average Bonchev–Trinajstić information content (AvgIpc) is 3.01. The second kappa shape index (κ2) is 5.31. The molecule has 0 aromatic heterocycles. The highest BCUT2D eigenvalue weighted by Gasteiger charge is 2.32. The number of rotatable bonds is 1. The van der Waals surface area contributed by atoms with Crippen molar-refractivity contribution in [1.29, 1.82) is 0 Å². The zero-order valence-electron chi connectivity index (χ0n) is 12.2. The molecule has 23 heavy (non-hydrogen) atoms. The molecule has 0 atom stereocenters. The SMILES string of the molecule is O=C1CCc2cc3c(cc2N1C(=O)Nc1ccccc1)OCO3. The normalized spacial score (nSPS) is 15.3. The molecule has 0 spiro atoms. The molecule has 2 aromatic carbocycles. The van der Waals surface area contributed by atoms with Gasteiger partial charge in [0.1, 0.15) is 0 Å². The van der Waals surface area contributed by atoms with Crippen LogP contribution in [0.5, 0.6) is 11.5 Å². The Morgan fingerprint density at radius 3 is 2.57 bits per heavy atom. The molecular weight excluding hydrogens is 296 g/mol. The van der Waals surface area contributed by atoms with E-state index in [0.717, 1.165) is 5.56 Å². The Morgan fingerprint density at radius 2 is 1.78 bits per heavy atom. The largest absolute Gasteiger partial charge is 0.454 e. The van der Waals surface area contributed by atoms with E-state index in [0.29, 0.717) is 29.3 Å². The monoisotopic (exact) mass is 310 g/mol. The first kappa shape index (κ1) is 13.6. The Morgan fingerprint density at radius 1 is 1.04 bits per heavy atom. The summed E-state index contributed by atoms with van der Waals surface area (Å²) in [5, 5.41) is 2.74. The summed E-state index contributed by atoms with van der Waals surface area (Å²) in [6.45, 7) is 0.155. The quantitative estimate of drug-likeness (QED) is 0.879. The van der Waals surface area contributed by atoms with Gasteiger partial charge in [-0.3, -0.25) is 4.79 Å². The first-order valence-electron chi connectivity index (χ1n) is 7.34. The van der Waals surface area contributed by atoms with E-state index in [2.05, 4.69) is 5.32 Å². The van der Waals surface area contributed by atoms with Gasteiger partial charge in [0, 0.05) is 18.2 Å². The number of carbonyl (C=O) groups is 2. The number of amides is 3. The van der Waals surface area contributed by atoms with Crippen LogP contribution in [0, 0.1) is 0 Å². The van der Waals surface area contributed by atoms with Gasteiger partial charge in [-0.25, -0.2) is 9.69 Å². The molecule has 2 aliphatic rings. The van der Waals surface area contributed by atoms with Gasteiger partial charge in [0.05, 0.1) is 5.69 Å². The minimum absolute atomic E-state index is 0.155. The summed E-state index contributed by atoms with van der Waals surface area (Å²) >= 11 is 0. The summed E-state index contributed by atoms with van der Waals surface area (Å²) in [5.41, 5.74) is 2.09. The van der Waals surface area contributed by atoms with Crippen molar-refractivity contribution in [3.8, 4) is 11.5 Å². The smallest absolute Gasteiger partial charge is 0.333 e. The third-order valence-corrected chi connectivity index (χ3v) is 3.90. The average molecular weight is 310 g/mol. The Kier molecular flexibility index (Phi) is 3.15. The van der Waals surface area contributed by atoms with Gasteiger partial charge in [-0.15, -0.1) is 0 Å². The van der Waals surface area contributed by atoms with Gasteiger partial charge in [-0.05, 0) is 30.2 Å². The molecule has 0 aliphatic carbocycles. The van der Waals surface area contributed by atoms with Gasteiger partial charge in [-0.1, -0.05) is 18.2 Å². The fourth-order valence-corrected chi connectivity index (χ4v) is 2.79. The van der Waals surface area contributed by atoms with Crippen LogP contribution < -0.4 is 19.7 Å². The molecule has 2 aliphatic heterocycles. The molecule has 0 saturated carbocycles. The van der Waals surface area contributed by atoms with Crippen molar-refractivity contribution in [2.24, 2.45) is 0 Å². The first-order valence-corrected chi connectivity index (χ1v) is 7.34. The first-order chi connectivity index (χ1) is 11.2. The van der Waals surface area contributed by atoms with Crippen LogP contribution in [-0.4, -0.2) is 18.7 Å². The van der Waals surface area contributed by atoms with Crippen LogP contribution in [0.2, 0.25) is 0 Å². The number of ether oxygens (including phenoxy) is 2. The van der Waals surface area contributed by atoms with Crippen LogP contribution >= 0.6 is 0 Å². The summed E-state index contributed by atoms with van der Waals surface area (Å²) in [6, 6.07) is 12.1. The molecule has 116 valence electrons. The lowest BCUT2D eigenvalue weighted by atomic mass is 10.0. The predicted molar refractivity (Wildman–Crippen MR) is 83.8 cm³/mol. The van der Waals surface area contributed by atoms with Crippen molar-refractivity contribution >= 4 is 23.3 Å². The number of nitrogens with zero attached hydrogens (tertiary/aromatic N) is 1. The van der Waals surface area contributed by atoms with E-state index in [-0.39, 0.29) is 19.1 Å². The lowest BCUT2D eigenvalue weighted by Gasteiger charge is -2.28. The highest BCUT2D eigenvalue weighted by atomic mass is 16.7. The molecular formula is C17H14N2O4. The molecule has 0 unspecified atom stereocenters. The number of carbonyl (C=O) groups excluding carboxylic acids is 2. The fraction of sp³-hybridized carbons (Fsp3) is 0.176. The number of nitrogens with one attached hydrogen (secondary N) is 1. The Hall–Kier alpha value is -3.02. The number of urea groups is 1. The van der Waals surface area contributed by atoms with Crippen molar-refractivity contribution in [1.82, 2.24) is 0 Å². The van der Waals surface area contributed by atoms with E-state index < -0.39 is 6.03 Å². The maximum absolute atomic E-state index is 12.6. The van der Waals surface area contributed by atoms with Gasteiger partial charge >= 0.3 is 6.03 Å². The highest BCUT2D eigenvalue weighted by molar-refractivity contribution is 6.19. The van der Waals surface area contributed by atoms with Crippen LogP contribution in [0.15, 0.2) is 42.5 Å². The van der Waals surface area contributed by atoms with Crippen molar-refractivity contribution in [3.63, 3.8) is 0 Å². The summed E-state index contributed by atoms with van der Waals surface area (Å²) in [4.78, 5) is 26.0. The van der Waals surface area contributed by atoms with Gasteiger partial charge in [0.25, 0.3) is 0 Å². The number of anilines is 2. The number of fused-ring (bicyclic) bond motifs is 2. The van der Waals surface area contributed by atoms with Gasteiger partial charge in [-0.2, -0.15) is 0 Å². The number of imide groups is 1. The molecule has 0 radical (unpaired) electrons. The maximum Gasteiger partial charge on any atom is 0.333 e. The van der Waals surface area contributed by atoms with E-state index in [1.807, 2.05) is 24.3 Å². The summed E-state index contributed by atoms with van der Waals surface area (Å²) in [5.74, 6) is 0.974. The predicted octanol–water partition coefficient (Wildman–Crippen LogP) is 2.93. The lowest BCUT2D eigenvalue weighted by molar-refractivity contribution is -0.118. The number of para-hydroxylation sites is 1. The van der Waals surface area contributed by atoms with Crippen LogP contribution in [0.1, 0.15) is 12.0 Å². The number of aryl methyl sites for hydroxylation is 1. The number of benzene rings is 2. The number of hydrogen-bond acceptors (Lipinski definition) is 4. The Bertz CT molecular complexity index is 789. The lowest BCUT2D eigenvalue weighted by Crippen LogP contribution is -2.42. The molecule has 4 rings (SSSR count). The fourth-order valence-electron chi connectivity index (χ4n) is 2.79. The summed E-state index contributed by atoms with van der Waals surface area (Å²) in [6.07, 6.45) is 0.870. The molecule has 0 bridgehead atoms. The van der Waals surface area contributed by atoms with Gasteiger partial charge in [0.2, 0.25) is 12.7 Å². The minimum Gasteiger partial charge on any atom is -0.454 e. The maximum atomic E-state index is 12.6.